The lowest BCUT2D eigenvalue weighted by Gasteiger charge is -2.30. The third kappa shape index (κ3) is 1.90. The minimum absolute atomic E-state index is 0.142. The Kier molecular flexibility index (Phi) is 3.10. The Balaban J connectivity index is 1.68. The number of nitriles is 2. The van der Waals surface area contributed by atoms with Crippen LogP contribution in [0.5, 0.6) is 0 Å². The first-order valence-corrected chi connectivity index (χ1v) is 11.4. The molecule has 0 unspecified atom stereocenters. The van der Waals surface area contributed by atoms with Gasteiger partial charge >= 0.3 is 0 Å². The number of nitrogens with zero attached hydrogens (tertiary/aromatic N) is 4. The van der Waals surface area contributed by atoms with E-state index in [9.17, 15) is 10.5 Å². The lowest BCUT2D eigenvalue weighted by atomic mass is 9.76. The first-order chi connectivity index (χ1) is 16.8. The van der Waals surface area contributed by atoms with E-state index in [0.29, 0.717) is 11.1 Å². The summed E-state index contributed by atoms with van der Waals surface area (Å²) in [6.45, 7) is 0. The van der Waals surface area contributed by atoms with Gasteiger partial charge in [-0.1, -0.05) is 60.7 Å². The second-order valence-corrected chi connectivity index (χ2v) is 9.19. The van der Waals surface area contributed by atoms with Crippen molar-refractivity contribution < 1.29 is 0 Å². The summed E-state index contributed by atoms with van der Waals surface area (Å²) in [4.78, 5) is 0. The minimum Gasteiger partial charge on any atom is -0.310 e. The molecule has 0 amide bonds. The van der Waals surface area contributed by atoms with Gasteiger partial charge in [-0.25, -0.2) is 0 Å². The highest BCUT2D eigenvalue weighted by molar-refractivity contribution is 5.99. The largest absolute Gasteiger partial charge is 0.310 e. The standard InChI is InChI=1S/C30H16N4/c31-15-18-13-26-27(14-19(18)16-32)34-25-8-4-2-6-21(25)23-12-10-17-9-11-22-20-5-1-3-7-24(20)33(26)29(22)28(17)30(23)34/h1-14,17,28H. The van der Waals surface area contributed by atoms with Crippen molar-refractivity contribution in [3.05, 3.63) is 106 Å². The van der Waals surface area contributed by atoms with E-state index in [4.69, 9.17) is 0 Å². The highest BCUT2D eigenvalue weighted by atomic mass is 15.1. The molecule has 0 atom stereocenters. The molecule has 5 aromatic rings. The van der Waals surface area contributed by atoms with Gasteiger partial charge in [-0.15, -0.1) is 0 Å². The fourth-order valence-electron chi connectivity index (χ4n) is 6.37. The summed E-state index contributed by atoms with van der Waals surface area (Å²) in [6.07, 6.45) is 9.17. The quantitative estimate of drug-likeness (QED) is 0.283. The number of hydrogen-bond donors (Lipinski definition) is 0. The summed E-state index contributed by atoms with van der Waals surface area (Å²) in [5.41, 5.74) is 9.95. The summed E-state index contributed by atoms with van der Waals surface area (Å²) in [7, 11) is 0. The van der Waals surface area contributed by atoms with Crippen LogP contribution in [0.1, 0.15) is 39.6 Å². The number of benzene rings is 3. The third-order valence-corrected chi connectivity index (χ3v) is 7.69. The fraction of sp³-hybridized carbons (Fsp3) is 0.0667. The first-order valence-electron chi connectivity index (χ1n) is 11.4. The fourth-order valence-corrected chi connectivity index (χ4v) is 6.37. The van der Waals surface area contributed by atoms with Gasteiger partial charge in [0.25, 0.3) is 0 Å². The van der Waals surface area contributed by atoms with Crippen LogP contribution in [-0.2, 0) is 0 Å². The molecule has 2 aliphatic carbocycles. The normalized spacial score (nSPS) is 18.3. The molecular formula is C30H16N4. The van der Waals surface area contributed by atoms with Gasteiger partial charge in [-0.05, 0) is 24.3 Å². The van der Waals surface area contributed by atoms with Crippen LogP contribution >= 0.6 is 0 Å². The summed E-state index contributed by atoms with van der Waals surface area (Å²) in [6, 6.07) is 25.3. The average molecular weight is 432 g/mol. The predicted octanol–water partition coefficient (Wildman–Crippen LogP) is 6.43. The molecule has 4 heteroatoms. The second kappa shape index (κ2) is 5.95. The van der Waals surface area contributed by atoms with Crippen LogP contribution in [0.25, 0.3) is 45.3 Å². The molecule has 3 aliphatic rings. The number of hydrogen-bond acceptors (Lipinski definition) is 2. The van der Waals surface area contributed by atoms with Crippen LogP contribution in [0.4, 0.5) is 0 Å². The molecule has 34 heavy (non-hydrogen) atoms. The number of fused-ring (bicyclic) bond motifs is 9. The van der Waals surface area contributed by atoms with E-state index in [-0.39, 0.29) is 11.8 Å². The van der Waals surface area contributed by atoms with Crippen molar-refractivity contribution in [1.82, 2.24) is 9.13 Å². The number of aromatic nitrogens is 2. The summed E-state index contributed by atoms with van der Waals surface area (Å²) in [5, 5.41) is 22.2. The van der Waals surface area contributed by atoms with E-state index in [1.54, 1.807) is 0 Å². The van der Waals surface area contributed by atoms with Crippen LogP contribution in [0.3, 0.4) is 0 Å². The van der Waals surface area contributed by atoms with Crippen molar-refractivity contribution in [2.45, 2.75) is 5.92 Å². The van der Waals surface area contributed by atoms with E-state index < -0.39 is 0 Å². The van der Waals surface area contributed by atoms with Crippen molar-refractivity contribution in [3.63, 3.8) is 0 Å². The zero-order valence-corrected chi connectivity index (χ0v) is 18.0. The lowest BCUT2D eigenvalue weighted by Crippen LogP contribution is -2.21. The molecule has 0 saturated heterocycles. The van der Waals surface area contributed by atoms with Crippen molar-refractivity contribution in [1.29, 1.82) is 10.5 Å². The van der Waals surface area contributed by atoms with E-state index in [1.165, 1.54) is 33.3 Å². The summed E-state index contributed by atoms with van der Waals surface area (Å²) >= 11 is 0. The molecule has 0 fully saturated rings. The molecule has 0 N–H and O–H groups in total. The number of allylic oxidation sites excluding steroid dienone is 2. The number of para-hydroxylation sites is 2. The van der Waals surface area contributed by atoms with E-state index in [1.807, 2.05) is 12.1 Å². The van der Waals surface area contributed by atoms with E-state index in [0.717, 1.165) is 22.4 Å². The van der Waals surface area contributed by atoms with E-state index >= 15 is 0 Å². The van der Waals surface area contributed by atoms with Crippen LogP contribution in [0, 0.1) is 28.6 Å². The molecule has 4 nitrogen and oxygen atoms in total. The Morgan fingerprint density at radius 1 is 0.647 bits per heavy atom. The summed E-state index contributed by atoms with van der Waals surface area (Å²) < 4.78 is 4.68. The van der Waals surface area contributed by atoms with Gasteiger partial charge < -0.3 is 9.13 Å². The Morgan fingerprint density at radius 2 is 1.12 bits per heavy atom. The van der Waals surface area contributed by atoms with Crippen LogP contribution in [0.15, 0.2) is 72.8 Å². The molecule has 8 rings (SSSR count). The second-order valence-electron chi connectivity index (χ2n) is 9.19. The Labute approximate surface area is 195 Å². The monoisotopic (exact) mass is 432 g/mol. The molecule has 0 spiro atoms. The maximum absolute atomic E-state index is 9.88. The maximum Gasteiger partial charge on any atom is 0.101 e. The van der Waals surface area contributed by atoms with Crippen molar-refractivity contribution in [2.24, 2.45) is 5.92 Å². The average Bonchev–Trinajstić information content (AvgIpc) is 3.36. The van der Waals surface area contributed by atoms with Gasteiger partial charge in [0.15, 0.2) is 0 Å². The number of rotatable bonds is 0. The topological polar surface area (TPSA) is 57.4 Å². The van der Waals surface area contributed by atoms with Gasteiger partial charge in [0, 0.05) is 39.2 Å². The molecule has 0 saturated carbocycles. The SMILES string of the molecule is N#Cc1cc2c(cc1C#N)-n1c3c(c4ccccc41)C=CC1C=Cc4c(n-2c2ccccc42)C31. The van der Waals surface area contributed by atoms with Crippen LogP contribution in [0.2, 0.25) is 0 Å². The van der Waals surface area contributed by atoms with Crippen LogP contribution in [-0.4, -0.2) is 9.13 Å². The van der Waals surface area contributed by atoms with Gasteiger partial charge in [-0.3, -0.25) is 0 Å². The first kappa shape index (κ1) is 17.7. The molecule has 3 aromatic carbocycles. The third-order valence-electron chi connectivity index (χ3n) is 7.69. The Morgan fingerprint density at radius 3 is 1.59 bits per heavy atom. The van der Waals surface area contributed by atoms with E-state index in [2.05, 4.69) is 94.1 Å². The molecule has 0 bridgehead atoms. The maximum atomic E-state index is 9.88. The molecule has 156 valence electrons. The molecule has 0 radical (unpaired) electrons. The summed E-state index contributed by atoms with van der Waals surface area (Å²) in [5.74, 6) is 0.384. The smallest absolute Gasteiger partial charge is 0.101 e. The molecule has 2 aromatic heterocycles. The van der Waals surface area contributed by atoms with Crippen LogP contribution < -0.4 is 0 Å². The van der Waals surface area contributed by atoms with Gasteiger partial charge in [-0.2, -0.15) is 10.5 Å². The Hall–Kier alpha value is -4.80. The highest BCUT2D eigenvalue weighted by Gasteiger charge is 2.41. The highest BCUT2D eigenvalue weighted by Crippen LogP contribution is 2.53. The zero-order valence-electron chi connectivity index (χ0n) is 18.0. The predicted molar refractivity (Wildman–Crippen MR) is 133 cm³/mol. The van der Waals surface area contributed by atoms with Crippen molar-refractivity contribution >= 4 is 34.0 Å². The van der Waals surface area contributed by atoms with Crippen molar-refractivity contribution in [2.75, 3.05) is 0 Å². The van der Waals surface area contributed by atoms with Crippen molar-refractivity contribution in [3.8, 4) is 23.5 Å². The minimum atomic E-state index is 0.142. The van der Waals surface area contributed by atoms with Gasteiger partial charge in [0.2, 0.25) is 0 Å². The van der Waals surface area contributed by atoms with Gasteiger partial charge in [0.05, 0.1) is 39.5 Å². The molecule has 3 heterocycles. The zero-order chi connectivity index (χ0) is 22.6. The molecular weight excluding hydrogens is 416 g/mol. The van der Waals surface area contributed by atoms with Gasteiger partial charge in [0.1, 0.15) is 12.1 Å². The Bertz CT molecular complexity index is 1760. The lowest BCUT2D eigenvalue weighted by molar-refractivity contribution is 0.626. The molecule has 1 aliphatic heterocycles.